The molecule has 1 aromatic carbocycles. The van der Waals surface area contributed by atoms with Gasteiger partial charge in [-0.2, -0.15) is 0 Å². The molecule has 0 saturated carbocycles. The lowest BCUT2D eigenvalue weighted by molar-refractivity contribution is 1.05. The summed E-state index contributed by atoms with van der Waals surface area (Å²) in [6.07, 6.45) is 3.50. The fourth-order valence-corrected chi connectivity index (χ4v) is 3.34. The smallest absolute Gasteiger partial charge is 0.250 e. The molecule has 116 valence electrons. The number of halogens is 4. The number of rotatable bonds is 1. The van der Waals surface area contributed by atoms with Crippen molar-refractivity contribution in [1.82, 2.24) is 22.9 Å². The van der Waals surface area contributed by atoms with Gasteiger partial charge in [-0.1, -0.05) is 34.8 Å². The van der Waals surface area contributed by atoms with Crippen LogP contribution >= 0.6 is 57.7 Å². The normalized spacial score (nSPS) is 12.3. The Morgan fingerprint density at radius 2 is 1.70 bits per heavy atom. The first-order valence-corrected chi connectivity index (χ1v) is 8.59. The third-order valence-corrected chi connectivity index (χ3v) is 4.73. The molecule has 0 amide bonds. The second-order valence-corrected chi connectivity index (χ2v) is 8.15. The Balaban J connectivity index is 2.01. The van der Waals surface area contributed by atoms with E-state index in [2.05, 4.69) is 42.9 Å². The van der Waals surface area contributed by atoms with Gasteiger partial charge in [0.15, 0.2) is 5.82 Å². The number of nitrogens with one attached hydrogen (secondary N) is 1. The van der Waals surface area contributed by atoms with Crippen LogP contribution in [0, 0.1) is 0 Å². The van der Waals surface area contributed by atoms with Crippen LogP contribution in [0.3, 0.4) is 0 Å². The van der Waals surface area contributed by atoms with E-state index in [1.54, 1.807) is 12.4 Å². The third kappa shape index (κ3) is 2.67. The largest absolute Gasteiger partial charge is 0.288 e. The zero-order chi connectivity index (χ0) is 16.2. The Morgan fingerprint density at radius 1 is 1.04 bits per heavy atom. The van der Waals surface area contributed by atoms with Crippen molar-refractivity contribution in [2.75, 3.05) is 0 Å². The molecule has 3 aromatic heterocycles. The highest BCUT2D eigenvalue weighted by Gasteiger charge is 2.28. The second kappa shape index (κ2) is 5.47. The fourth-order valence-electron chi connectivity index (χ4n) is 2.44. The number of aromatic amines is 1. The van der Waals surface area contributed by atoms with E-state index in [4.69, 9.17) is 34.8 Å². The summed E-state index contributed by atoms with van der Waals surface area (Å²) in [5.41, 5.74) is 4.34. The van der Waals surface area contributed by atoms with E-state index in [0.717, 1.165) is 22.2 Å². The molecular formula is C14H7Cl3IN5. The van der Waals surface area contributed by atoms with Crippen molar-refractivity contribution in [1.29, 1.82) is 0 Å². The highest BCUT2D eigenvalue weighted by Crippen LogP contribution is 2.38. The highest BCUT2D eigenvalue weighted by atomic mass is 127. The van der Waals surface area contributed by atoms with E-state index in [1.165, 1.54) is 0 Å². The van der Waals surface area contributed by atoms with Gasteiger partial charge >= 0.3 is 0 Å². The Labute approximate surface area is 159 Å². The van der Waals surface area contributed by atoms with Gasteiger partial charge in [0.05, 0.1) is 45.1 Å². The van der Waals surface area contributed by atoms with E-state index >= 15 is 0 Å². The second-order valence-electron chi connectivity index (χ2n) is 4.91. The molecular weight excluding hydrogens is 471 g/mol. The van der Waals surface area contributed by atoms with Crippen molar-refractivity contribution >= 4 is 79.6 Å². The van der Waals surface area contributed by atoms with Gasteiger partial charge in [-0.25, -0.2) is 12.9 Å². The average Bonchev–Trinajstić information content (AvgIpc) is 3.07. The molecule has 0 aliphatic heterocycles. The first-order valence-electron chi connectivity index (χ1n) is 6.49. The molecule has 0 atom stereocenters. The summed E-state index contributed by atoms with van der Waals surface area (Å²) >= 11 is 19.8. The van der Waals surface area contributed by atoms with Crippen LogP contribution in [-0.4, -0.2) is 22.9 Å². The number of alkyl halides is 3. The summed E-state index contributed by atoms with van der Waals surface area (Å²) in [7, 11) is 0. The zero-order valence-electron chi connectivity index (χ0n) is 11.3. The lowest BCUT2D eigenvalue weighted by atomic mass is 10.1. The number of imidazole rings is 1. The van der Waals surface area contributed by atoms with Crippen molar-refractivity contribution in [2.24, 2.45) is 0 Å². The summed E-state index contributed by atoms with van der Waals surface area (Å²) in [6.45, 7) is 0. The minimum Gasteiger partial charge on any atom is -0.288 e. The molecule has 9 heteroatoms. The maximum Gasteiger partial charge on any atom is 0.250 e. The summed E-state index contributed by atoms with van der Waals surface area (Å²) in [4.78, 5) is 12.7. The Kier molecular flexibility index (Phi) is 3.67. The molecule has 0 bridgehead atoms. The minimum absolute atomic E-state index is 0.180. The Morgan fingerprint density at radius 3 is 2.35 bits per heavy atom. The number of H-pyrrole nitrogens is 1. The first-order chi connectivity index (χ1) is 10.9. The lowest BCUT2D eigenvalue weighted by Crippen LogP contribution is -2.01. The highest BCUT2D eigenvalue weighted by molar-refractivity contribution is 14.1. The standard InChI is InChI=1S/C14H7Cl3IN5/c15-14(16,17)13-20-9-5-8-11(6-10(9)21-13)23(18)22-12(8)7-1-3-19-4-2-7/h1-6,22H. The van der Waals surface area contributed by atoms with Crippen LogP contribution in [0.5, 0.6) is 0 Å². The molecule has 4 rings (SSSR count). The molecule has 0 radical (unpaired) electrons. The minimum atomic E-state index is -1.64. The van der Waals surface area contributed by atoms with Gasteiger partial charge in [-0.15, -0.1) is 0 Å². The summed E-state index contributed by atoms with van der Waals surface area (Å²) in [6, 6.07) is 7.75. The van der Waals surface area contributed by atoms with E-state index in [-0.39, 0.29) is 5.82 Å². The number of aromatic nitrogens is 5. The van der Waals surface area contributed by atoms with Gasteiger partial charge in [0.2, 0.25) is 3.79 Å². The number of benzene rings is 1. The predicted molar refractivity (Wildman–Crippen MR) is 101 cm³/mol. The molecule has 3 heterocycles. The maximum absolute atomic E-state index is 5.88. The maximum atomic E-state index is 5.88. The number of nitrogens with zero attached hydrogens (tertiary/aromatic N) is 4. The summed E-state index contributed by atoms with van der Waals surface area (Å²) < 4.78 is 0.259. The first kappa shape index (κ1) is 15.4. The van der Waals surface area contributed by atoms with Crippen LogP contribution in [0.4, 0.5) is 0 Å². The van der Waals surface area contributed by atoms with E-state index in [1.807, 2.05) is 27.2 Å². The van der Waals surface area contributed by atoms with Gasteiger partial charge in [0.1, 0.15) is 0 Å². The average molecular weight is 479 g/mol. The zero-order valence-corrected chi connectivity index (χ0v) is 15.7. The van der Waals surface area contributed by atoms with Crippen molar-refractivity contribution in [2.45, 2.75) is 3.79 Å². The van der Waals surface area contributed by atoms with Crippen molar-refractivity contribution in [3.63, 3.8) is 0 Å². The number of pyridine rings is 1. The molecule has 5 nitrogen and oxygen atoms in total. The molecule has 0 aliphatic carbocycles. The van der Waals surface area contributed by atoms with Gasteiger partial charge in [-0.05, 0) is 24.3 Å². The van der Waals surface area contributed by atoms with Crippen LogP contribution in [0.2, 0.25) is 0 Å². The van der Waals surface area contributed by atoms with Crippen LogP contribution in [0.15, 0.2) is 36.7 Å². The van der Waals surface area contributed by atoms with Crippen LogP contribution in [-0.2, 0) is 3.79 Å². The SMILES string of the molecule is ClC(Cl)(Cl)c1nc2cc3c(-c4ccncc4)[nH]n(I)c3cc2n1. The summed E-state index contributed by atoms with van der Waals surface area (Å²) in [5.74, 6) is 0.180. The van der Waals surface area contributed by atoms with Crippen LogP contribution in [0.25, 0.3) is 33.2 Å². The Bertz CT molecular complexity index is 1020. The third-order valence-electron chi connectivity index (χ3n) is 3.46. The molecule has 23 heavy (non-hydrogen) atoms. The monoisotopic (exact) mass is 477 g/mol. The van der Waals surface area contributed by atoms with E-state index in [9.17, 15) is 0 Å². The number of hydrogen-bond acceptors (Lipinski definition) is 3. The number of hydrogen-bond donors (Lipinski definition) is 1. The van der Waals surface area contributed by atoms with Gasteiger partial charge in [-0.3, -0.25) is 10.1 Å². The van der Waals surface area contributed by atoms with Crippen molar-refractivity contribution < 1.29 is 0 Å². The molecule has 1 N–H and O–H groups in total. The molecule has 0 saturated heterocycles. The molecule has 0 fully saturated rings. The van der Waals surface area contributed by atoms with Crippen molar-refractivity contribution in [3.8, 4) is 11.3 Å². The molecule has 0 unspecified atom stereocenters. The Hall–Kier alpha value is -1.09. The van der Waals surface area contributed by atoms with Gasteiger partial charge < -0.3 is 0 Å². The van der Waals surface area contributed by atoms with Crippen molar-refractivity contribution in [3.05, 3.63) is 42.5 Å². The van der Waals surface area contributed by atoms with Crippen LogP contribution < -0.4 is 0 Å². The number of fused-ring (bicyclic) bond motifs is 2. The lowest BCUT2D eigenvalue weighted by Gasteiger charge is -2.03. The quantitative estimate of drug-likeness (QED) is 0.310. The predicted octanol–water partition coefficient (Wildman–Crippen LogP) is 5.00. The van der Waals surface area contributed by atoms with Crippen LogP contribution in [0.1, 0.15) is 5.82 Å². The van der Waals surface area contributed by atoms with Gasteiger partial charge in [0.25, 0.3) is 0 Å². The molecule has 0 spiro atoms. The fraction of sp³-hybridized carbons (Fsp3) is 0.0714. The summed E-state index contributed by atoms with van der Waals surface area (Å²) in [5, 5.41) is 4.33. The van der Waals surface area contributed by atoms with E-state index < -0.39 is 3.79 Å². The van der Waals surface area contributed by atoms with Gasteiger partial charge in [0, 0.05) is 23.3 Å². The van der Waals surface area contributed by atoms with E-state index in [0.29, 0.717) is 11.0 Å². The topological polar surface area (TPSA) is 59.4 Å². The molecule has 0 aliphatic rings. The molecule has 4 aromatic rings.